The van der Waals surface area contributed by atoms with Crippen molar-refractivity contribution in [3.8, 4) is 0 Å². The van der Waals surface area contributed by atoms with Gasteiger partial charge in [-0.3, -0.25) is 0 Å². The normalized spacial score (nSPS) is 14.5. The Morgan fingerprint density at radius 1 is 1.30 bits per heavy atom. The van der Waals surface area contributed by atoms with Gasteiger partial charge in [0.2, 0.25) is 0 Å². The molecule has 5 heteroatoms. The molecule has 0 aliphatic heterocycles. The molecule has 0 atom stereocenters. The zero-order chi connectivity index (χ0) is 13.9. The average Bonchev–Trinajstić information content (AvgIpc) is 3.25. The van der Waals surface area contributed by atoms with E-state index in [4.69, 9.17) is 11.6 Å². The average molecular weight is 309 g/mol. The number of aromatic nitrogens is 1. The highest BCUT2D eigenvalue weighted by molar-refractivity contribution is 7.99. The van der Waals surface area contributed by atoms with E-state index < -0.39 is 0 Å². The molecule has 0 radical (unpaired) electrons. The first-order valence-corrected chi connectivity index (χ1v) is 7.72. The molecule has 1 fully saturated rings. The van der Waals surface area contributed by atoms with Crippen LogP contribution < -0.4 is 5.32 Å². The lowest BCUT2D eigenvalue weighted by molar-refractivity contribution is 0.579. The first-order chi connectivity index (χ1) is 9.74. The van der Waals surface area contributed by atoms with E-state index in [0.29, 0.717) is 28.2 Å². The van der Waals surface area contributed by atoms with Gasteiger partial charge in [-0.1, -0.05) is 29.4 Å². The van der Waals surface area contributed by atoms with Gasteiger partial charge in [-0.25, -0.2) is 9.37 Å². The Kier molecular flexibility index (Phi) is 4.24. The molecule has 104 valence electrons. The van der Waals surface area contributed by atoms with Crippen molar-refractivity contribution in [1.82, 2.24) is 10.3 Å². The van der Waals surface area contributed by atoms with Gasteiger partial charge in [0.1, 0.15) is 10.8 Å². The summed E-state index contributed by atoms with van der Waals surface area (Å²) in [5, 5.41) is 4.64. The van der Waals surface area contributed by atoms with Gasteiger partial charge in [0.25, 0.3) is 0 Å². The quantitative estimate of drug-likeness (QED) is 0.892. The van der Waals surface area contributed by atoms with Crippen LogP contribution in [0.4, 0.5) is 4.39 Å². The SMILES string of the molecule is Fc1cccc(Sc2ncccc2Cl)c1CNC1CC1. The molecular formula is C15H14ClFN2S. The number of nitrogens with zero attached hydrogens (tertiary/aromatic N) is 1. The predicted octanol–water partition coefficient (Wildman–Crippen LogP) is 4.28. The molecule has 1 saturated carbocycles. The van der Waals surface area contributed by atoms with Crippen molar-refractivity contribution in [3.63, 3.8) is 0 Å². The number of pyridine rings is 1. The molecule has 1 aromatic heterocycles. The zero-order valence-corrected chi connectivity index (χ0v) is 12.3. The summed E-state index contributed by atoms with van der Waals surface area (Å²) in [6.07, 6.45) is 4.06. The first kappa shape index (κ1) is 13.9. The molecule has 1 aliphatic carbocycles. The largest absolute Gasteiger partial charge is 0.310 e. The van der Waals surface area contributed by atoms with Gasteiger partial charge in [0, 0.05) is 29.2 Å². The van der Waals surface area contributed by atoms with Crippen LogP contribution in [0.2, 0.25) is 5.02 Å². The minimum atomic E-state index is -0.185. The molecule has 2 nitrogen and oxygen atoms in total. The van der Waals surface area contributed by atoms with Gasteiger partial charge in [-0.15, -0.1) is 0 Å². The zero-order valence-electron chi connectivity index (χ0n) is 10.8. The molecule has 0 saturated heterocycles. The molecule has 20 heavy (non-hydrogen) atoms. The third-order valence-corrected chi connectivity index (χ3v) is 4.69. The number of rotatable bonds is 5. The van der Waals surface area contributed by atoms with Gasteiger partial charge < -0.3 is 5.32 Å². The van der Waals surface area contributed by atoms with Crippen molar-refractivity contribution in [1.29, 1.82) is 0 Å². The van der Waals surface area contributed by atoms with Crippen LogP contribution in [0.1, 0.15) is 18.4 Å². The van der Waals surface area contributed by atoms with Gasteiger partial charge in [-0.2, -0.15) is 0 Å². The van der Waals surface area contributed by atoms with Crippen LogP contribution in [0.25, 0.3) is 0 Å². The maximum atomic E-state index is 14.0. The van der Waals surface area contributed by atoms with E-state index in [1.807, 2.05) is 6.07 Å². The maximum absolute atomic E-state index is 14.0. The van der Waals surface area contributed by atoms with E-state index in [0.717, 1.165) is 4.90 Å². The monoisotopic (exact) mass is 308 g/mol. The highest BCUT2D eigenvalue weighted by atomic mass is 35.5. The summed E-state index contributed by atoms with van der Waals surface area (Å²) < 4.78 is 14.0. The van der Waals surface area contributed by atoms with E-state index in [2.05, 4.69) is 10.3 Å². The van der Waals surface area contributed by atoms with Crippen LogP contribution in [-0.2, 0) is 6.54 Å². The molecule has 2 aromatic rings. The second kappa shape index (κ2) is 6.12. The van der Waals surface area contributed by atoms with Crippen LogP contribution in [0.3, 0.4) is 0 Å². The van der Waals surface area contributed by atoms with Crippen molar-refractivity contribution in [2.75, 3.05) is 0 Å². The molecule has 1 heterocycles. The Bertz CT molecular complexity index is 617. The summed E-state index contributed by atoms with van der Waals surface area (Å²) in [5.74, 6) is -0.185. The van der Waals surface area contributed by atoms with Gasteiger partial charge in [0.05, 0.1) is 5.02 Å². The molecule has 0 amide bonds. The third kappa shape index (κ3) is 3.32. The van der Waals surface area contributed by atoms with E-state index in [-0.39, 0.29) is 5.82 Å². The minimum absolute atomic E-state index is 0.185. The van der Waals surface area contributed by atoms with Crippen molar-refractivity contribution in [2.24, 2.45) is 0 Å². The molecule has 1 N–H and O–H groups in total. The standard InChI is InChI=1S/C15H14ClFN2S/c16-12-3-2-8-18-15(12)20-14-5-1-4-13(17)11(14)9-19-10-6-7-10/h1-5,8,10,19H,6-7,9H2. The molecule has 0 unspecified atom stereocenters. The van der Waals surface area contributed by atoms with E-state index >= 15 is 0 Å². The summed E-state index contributed by atoms with van der Waals surface area (Å²) in [5.41, 5.74) is 0.686. The minimum Gasteiger partial charge on any atom is -0.310 e. The van der Waals surface area contributed by atoms with Gasteiger partial charge >= 0.3 is 0 Å². The fraction of sp³-hybridized carbons (Fsp3) is 0.267. The number of halogens is 2. The van der Waals surface area contributed by atoms with Gasteiger partial charge in [0.15, 0.2) is 0 Å². The summed E-state index contributed by atoms with van der Waals surface area (Å²) in [6.45, 7) is 0.546. The highest BCUT2D eigenvalue weighted by Gasteiger charge is 2.21. The van der Waals surface area contributed by atoms with Crippen LogP contribution in [0.15, 0.2) is 46.5 Å². The molecule has 3 rings (SSSR count). The second-order valence-corrected chi connectivity index (χ2v) is 6.20. The Balaban J connectivity index is 1.84. The lowest BCUT2D eigenvalue weighted by atomic mass is 10.2. The summed E-state index contributed by atoms with van der Waals surface area (Å²) in [7, 11) is 0. The molecule has 1 aliphatic rings. The van der Waals surface area contributed by atoms with E-state index in [9.17, 15) is 4.39 Å². The van der Waals surface area contributed by atoms with Crippen LogP contribution in [-0.4, -0.2) is 11.0 Å². The molecule has 0 bridgehead atoms. The molecular weight excluding hydrogens is 295 g/mol. The molecule has 0 spiro atoms. The van der Waals surface area contributed by atoms with E-state index in [1.54, 1.807) is 24.4 Å². The summed E-state index contributed by atoms with van der Waals surface area (Å²) in [6, 6.07) is 9.24. The van der Waals surface area contributed by atoms with Crippen LogP contribution in [0.5, 0.6) is 0 Å². The summed E-state index contributed by atoms with van der Waals surface area (Å²) >= 11 is 7.52. The lowest BCUT2D eigenvalue weighted by Crippen LogP contribution is -2.16. The summed E-state index contributed by atoms with van der Waals surface area (Å²) in [4.78, 5) is 5.10. The van der Waals surface area contributed by atoms with Crippen molar-refractivity contribution in [3.05, 3.63) is 52.9 Å². The molecule has 1 aromatic carbocycles. The fourth-order valence-electron chi connectivity index (χ4n) is 1.89. The van der Waals surface area contributed by atoms with Crippen molar-refractivity contribution in [2.45, 2.75) is 35.3 Å². The highest BCUT2D eigenvalue weighted by Crippen LogP contribution is 2.34. The second-order valence-electron chi connectivity index (χ2n) is 4.76. The lowest BCUT2D eigenvalue weighted by Gasteiger charge is -2.11. The Labute approximate surface area is 126 Å². The third-order valence-electron chi connectivity index (χ3n) is 3.15. The predicted molar refractivity (Wildman–Crippen MR) is 79.6 cm³/mol. The number of hydrogen-bond donors (Lipinski definition) is 1. The topological polar surface area (TPSA) is 24.9 Å². The maximum Gasteiger partial charge on any atom is 0.128 e. The van der Waals surface area contributed by atoms with Gasteiger partial charge in [-0.05, 0) is 37.1 Å². The van der Waals surface area contributed by atoms with Crippen LogP contribution in [0, 0.1) is 5.82 Å². The van der Waals surface area contributed by atoms with Crippen molar-refractivity contribution >= 4 is 23.4 Å². The Morgan fingerprint density at radius 2 is 2.15 bits per heavy atom. The first-order valence-electron chi connectivity index (χ1n) is 6.53. The number of benzene rings is 1. The number of nitrogens with one attached hydrogen (secondary N) is 1. The van der Waals surface area contributed by atoms with Crippen LogP contribution >= 0.6 is 23.4 Å². The number of hydrogen-bond acceptors (Lipinski definition) is 3. The Morgan fingerprint density at radius 3 is 2.90 bits per heavy atom. The smallest absolute Gasteiger partial charge is 0.128 e. The Hall–Kier alpha value is -1.10. The van der Waals surface area contributed by atoms with E-state index in [1.165, 1.54) is 30.7 Å². The fourth-order valence-corrected chi connectivity index (χ4v) is 3.05. The van der Waals surface area contributed by atoms with Crippen molar-refractivity contribution < 1.29 is 4.39 Å².